The van der Waals surface area contributed by atoms with Gasteiger partial charge >= 0.3 is 0 Å². The lowest BCUT2D eigenvalue weighted by molar-refractivity contribution is -0.384. The summed E-state index contributed by atoms with van der Waals surface area (Å²) in [4.78, 5) is 11.9. The van der Waals surface area contributed by atoms with Crippen molar-refractivity contribution in [1.29, 1.82) is 0 Å². The van der Waals surface area contributed by atoms with Crippen LogP contribution >= 0.6 is 11.6 Å². The van der Waals surface area contributed by atoms with Crippen LogP contribution in [0.3, 0.4) is 0 Å². The molecule has 2 rings (SSSR count). The fourth-order valence-electron chi connectivity index (χ4n) is 1.81. The molecule has 0 unspecified atom stereocenters. The Hall–Kier alpha value is -1.33. The molecule has 0 saturated carbocycles. The number of halogens is 1. The molecule has 1 aliphatic rings. The molecule has 0 amide bonds. The van der Waals surface area contributed by atoms with Crippen LogP contribution in [0.5, 0.6) is 0 Å². The normalized spacial score (nSPS) is 18.1. The fourth-order valence-corrected chi connectivity index (χ4v) is 2.11. The van der Waals surface area contributed by atoms with Crippen LogP contribution in [-0.2, 0) is 0 Å². The van der Waals surface area contributed by atoms with Crippen LogP contribution in [0.4, 0.5) is 11.4 Å². The second-order valence-electron chi connectivity index (χ2n) is 4.25. The number of nitro groups is 1. The zero-order valence-corrected chi connectivity index (χ0v) is 9.44. The first-order valence-electron chi connectivity index (χ1n) is 4.80. The van der Waals surface area contributed by atoms with Gasteiger partial charge in [0.05, 0.1) is 21.2 Å². The van der Waals surface area contributed by atoms with E-state index in [4.69, 9.17) is 11.6 Å². The summed E-state index contributed by atoms with van der Waals surface area (Å²) in [5.41, 5.74) is 0.00490. The van der Waals surface area contributed by atoms with Gasteiger partial charge in [-0.1, -0.05) is 11.6 Å². The van der Waals surface area contributed by atoms with Crippen molar-refractivity contribution in [2.75, 3.05) is 18.0 Å². The van der Waals surface area contributed by atoms with Crippen LogP contribution in [0.25, 0.3) is 0 Å². The zero-order chi connectivity index (χ0) is 11.9. The molecule has 0 radical (unpaired) electrons. The highest BCUT2D eigenvalue weighted by Crippen LogP contribution is 2.34. The number of anilines is 1. The summed E-state index contributed by atoms with van der Waals surface area (Å²) in [6, 6.07) is 4.34. The summed E-state index contributed by atoms with van der Waals surface area (Å²) in [7, 11) is 0. The third-order valence-electron chi connectivity index (χ3n) is 2.55. The molecule has 16 heavy (non-hydrogen) atoms. The summed E-state index contributed by atoms with van der Waals surface area (Å²) in [5.74, 6) is 0. The molecule has 1 aromatic carbocycles. The van der Waals surface area contributed by atoms with E-state index in [1.165, 1.54) is 12.1 Å². The summed E-state index contributed by atoms with van der Waals surface area (Å²) >= 11 is 5.95. The standard InChI is InChI=1S/C10H11ClN2O3/c1-10(14)5-12(6-10)9-3-2-7(13(15)16)4-8(9)11/h2-4,14H,5-6H2,1H3. The SMILES string of the molecule is CC1(O)CN(c2ccc([N+](=O)[O-])cc2Cl)C1. The monoisotopic (exact) mass is 242 g/mol. The second-order valence-corrected chi connectivity index (χ2v) is 4.65. The van der Waals surface area contributed by atoms with Crippen LogP contribution in [0.15, 0.2) is 18.2 Å². The first-order chi connectivity index (χ1) is 7.39. The van der Waals surface area contributed by atoms with E-state index < -0.39 is 10.5 Å². The Bertz CT molecular complexity index is 440. The number of hydrogen-bond donors (Lipinski definition) is 1. The molecule has 0 bridgehead atoms. The highest BCUT2D eigenvalue weighted by Gasteiger charge is 2.37. The topological polar surface area (TPSA) is 66.6 Å². The van der Waals surface area contributed by atoms with Crippen molar-refractivity contribution in [3.8, 4) is 0 Å². The predicted molar refractivity (Wildman–Crippen MR) is 60.9 cm³/mol. The minimum atomic E-state index is -0.689. The summed E-state index contributed by atoms with van der Waals surface area (Å²) in [6.07, 6.45) is 0. The highest BCUT2D eigenvalue weighted by molar-refractivity contribution is 6.33. The molecule has 0 spiro atoms. The lowest BCUT2D eigenvalue weighted by Gasteiger charge is -2.46. The quantitative estimate of drug-likeness (QED) is 0.635. The van der Waals surface area contributed by atoms with Gasteiger partial charge in [0, 0.05) is 25.2 Å². The third-order valence-corrected chi connectivity index (χ3v) is 2.85. The minimum absolute atomic E-state index is 0.0268. The van der Waals surface area contributed by atoms with Gasteiger partial charge in [-0.3, -0.25) is 10.1 Å². The number of rotatable bonds is 2. The molecule has 6 heteroatoms. The van der Waals surface area contributed by atoms with E-state index in [0.717, 1.165) is 5.69 Å². The van der Waals surface area contributed by atoms with Crippen molar-refractivity contribution in [2.45, 2.75) is 12.5 Å². The third kappa shape index (κ3) is 1.96. The van der Waals surface area contributed by atoms with E-state index in [0.29, 0.717) is 18.1 Å². The molecular weight excluding hydrogens is 232 g/mol. The lowest BCUT2D eigenvalue weighted by atomic mass is 9.96. The van der Waals surface area contributed by atoms with E-state index in [1.54, 1.807) is 13.0 Å². The van der Waals surface area contributed by atoms with Crippen LogP contribution in [0.1, 0.15) is 6.92 Å². The van der Waals surface area contributed by atoms with Gasteiger partial charge in [0.25, 0.3) is 5.69 Å². The first kappa shape index (κ1) is 11.2. The van der Waals surface area contributed by atoms with Crippen LogP contribution in [0, 0.1) is 10.1 Å². The van der Waals surface area contributed by atoms with Crippen LogP contribution in [-0.4, -0.2) is 28.7 Å². The number of aliphatic hydroxyl groups is 1. The van der Waals surface area contributed by atoms with Gasteiger partial charge in [-0.15, -0.1) is 0 Å². The summed E-state index contributed by atoms with van der Waals surface area (Å²) < 4.78 is 0. The molecule has 86 valence electrons. The molecule has 5 nitrogen and oxygen atoms in total. The van der Waals surface area contributed by atoms with Gasteiger partial charge in [-0.25, -0.2) is 0 Å². The molecule has 1 saturated heterocycles. The Balaban J connectivity index is 2.21. The Morgan fingerprint density at radius 2 is 2.19 bits per heavy atom. The Morgan fingerprint density at radius 3 is 2.62 bits per heavy atom. The number of non-ortho nitro benzene ring substituents is 1. The zero-order valence-electron chi connectivity index (χ0n) is 8.68. The predicted octanol–water partition coefficient (Wildman–Crippen LogP) is 1.82. The molecule has 0 aliphatic carbocycles. The number of β-amino-alcohol motifs (C(OH)–C–C–N with tert-alkyl or cyclic N) is 1. The molecule has 1 N–H and O–H groups in total. The smallest absolute Gasteiger partial charge is 0.271 e. The van der Waals surface area contributed by atoms with Gasteiger partial charge < -0.3 is 10.0 Å². The van der Waals surface area contributed by atoms with Crippen LogP contribution in [0.2, 0.25) is 5.02 Å². The molecule has 1 fully saturated rings. The maximum atomic E-state index is 10.5. The number of hydrogen-bond acceptors (Lipinski definition) is 4. The van der Waals surface area contributed by atoms with E-state index in [1.807, 2.05) is 4.90 Å². The average molecular weight is 243 g/mol. The Kier molecular flexibility index (Phi) is 2.52. The van der Waals surface area contributed by atoms with Crippen molar-refractivity contribution >= 4 is 23.0 Å². The van der Waals surface area contributed by atoms with Gasteiger partial charge in [-0.2, -0.15) is 0 Å². The van der Waals surface area contributed by atoms with Crippen molar-refractivity contribution < 1.29 is 10.0 Å². The van der Waals surface area contributed by atoms with Gasteiger partial charge in [-0.05, 0) is 13.0 Å². The maximum Gasteiger partial charge on any atom is 0.271 e. The van der Waals surface area contributed by atoms with Crippen LogP contribution < -0.4 is 4.90 Å². The molecular formula is C10H11ClN2O3. The minimum Gasteiger partial charge on any atom is -0.386 e. The average Bonchev–Trinajstić information content (AvgIpc) is 2.13. The number of benzene rings is 1. The van der Waals surface area contributed by atoms with Crippen molar-refractivity contribution in [2.24, 2.45) is 0 Å². The summed E-state index contributed by atoms with van der Waals surface area (Å²) in [6.45, 7) is 2.72. The molecule has 1 aromatic rings. The van der Waals surface area contributed by atoms with Crippen molar-refractivity contribution in [1.82, 2.24) is 0 Å². The molecule has 1 aliphatic heterocycles. The first-order valence-corrected chi connectivity index (χ1v) is 5.18. The molecule has 0 atom stereocenters. The molecule has 1 heterocycles. The van der Waals surface area contributed by atoms with E-state index in [9.17, 15) is 15.2 Å². The van der Waals surface area contributed by atoms with Gasteiger partial charge in [0.2, 0.25) is 0 Å². The van der Waals surface area contributed by atoms with E-state index in [2.05, 4.69) is 0 Å². The number of nitrogens with zero attached hydrogens (tertiary/aromatic N) is 2. The Labute approximate surface area is 97.4 Å². The van der Waals surface area contributed by atoms with Gasteiger partial charge in [0.1, 0.15) is 0 Å². The van der Waals surface area contributed by atoms with Crippen molar-refractivity contribution in [3.63, 3.8) is 0 Å². The Morgan fingerprint density at radius 1 is 1.56 bits per heavy atom. The van der Waals surface area contributed by atoms with Crippen molar-refractivity contribution in [3.05, 3.63) is 33.3 Å². The van der Waals surface area contributed by atoms with E-state index >= 15 is 0 Å². The lowest BCUT2D eigenvalue weighted by Crippen LogP contribution is -2.60. The van der Waals surface area contributed by atoms with E-state index in [-0.39, 0.29) is 5.69 Å². The largest absolute Gasteiger partial charge is 0.386 e. The van der Waals surface area contributed by atoms with Gasteiger partial charge in [0.15, 0.2) is 0 Å². The number of nitro benzene ring substituents is 1. The maximum absolute atomic E-state index is 10.5. The second kappa shape index (κ2) is 3.61. The molecule has 0 aromatic heterocycles. The summed E-state index contributed by atoms with van der Waals surface area (Å²) in [5, 5.41) is 20.4. The fraction of sp³-hybridized carbons (Fsp3) is 0.400. The highest BCUT2D eigenvalue weighted by atomic mass is 35.5.